The Morgan fingerprint density at radius 3 is 2.62 bits per heavy atom. The number of benzene rings is 1. The molecule has 6 heteroatoms. The van der Waals surface area contributed by atoms with E-state index in [0.717, 1.165) is 31.2 Å². The lowest BCUT2D eigenvalue weighted by molar-refractivity contribution is -0.142. The molecule has 0 N–H and O–H groups in total. The summed E-state index contributed by atoms with van der Waals surface area (Å²) in [4.78, 5) is 29.1. The highest BCUT2D eigenvalue weighted by atomic mass is 35.5. The summed E-state index contributed by atoms with van der Waals surface area (Å²) >= 11 is 5.97. The van der Waals surface area contributed by atoms with Crippen LogP contribution in [0.5, 0.6) is 0 Å². The predicted octanol–water partition coefficient (Wildman–Crippen LogP) is 4.04. The van der Waals surface area contributed by atoms with E-state index < -0.39 is 11.2 Å². The fourth-order valence-electron chi connectivity index (χ4n) is 3.93. The van der Waals surface area contributed by atoms with Crippen LogP contribution in [0.1, 0.15) is 45.6 Å². The van der Waals surface area contributed by atoms with Gasteiger partial charge in [-0.15, -0.1) is 0 Å². The number of amides is 2. The Balaban J connectivity index is 1.82. The molecule has 3 rings (SSSR count). The van der Waals surface area contributed by atoms with Gasteiger partial charge in [-0.2, -0.15) is 0 Å². The van der Waals surface area contributed by atoms with Crippen LogP contribution in [0.2, 0.25) is 5.02 Å². The number of nitrogens with zero attached hydrogens (tertiary/aromatic N) is 2. The molecule has 0 radical (unpaired) electrons. The Morgan fingerprint density at radius 2 is 1.92 bits per heavy atom. The molecule has 0 aromatic heterocycles. The van der Waals surface area contributed by atoms with E-state index in [-0.39, 0.29) is 17.7 Å². The zero-order chi connectivity index (χ0) is 19.1. The largest absolute Gasteiger partial charge is 0.341 e. The van der Waals surface area contributed by atoms with E-state index in [1.54, 1.807) is 15.9 Å². The number of carbonyl (C=O) groups is 2. The van der Waals surface area contributed by atoms with Crippen LogP contribution in [0.25, 0.3) is 0 Å². The van der Waals surface area contributed by atoms with E-state index in [4.69, 9.17) is 11.6 Å². The molecule has 2 heterocycles. The molecule has 4 nitrogen and oxygen atoms in total. The van der Waals surface area contributed by atoms with E-state index in [9.17, 15) is 14.0 Å². The van der Waals surface area contributed by atoms with Gasteiger partial charge in [0.2, 0.25) is 11.8 Å². The van der Waals surface area contributed by atoms with Gasteiger partial charge in [0.15, 0.2) is 0 Å². The van der Waals surface area contributed by atoms with Crippen molar-refractivity contribution in [2.75, 3.05) is 24.5 Å². The van der Waals surface area contributed by atoms with Crippen LogP contribution in [0, 0.1) is 17.2 Å². The normalized spacial score (nSPS) is 20.7. The van der Waals surface area contributed by atoms with Crippen molar-refractivity contribution in [2.45, 2.75) is 46.5 Å². The lowest BCUT2D eigenvalue weighted by Crippen LogP contribution is -2.50. The Bertz CT molecular complexity index is 729. The highest BCUT2D eigenvalue weighted by Gasteiger charge is 2.37. The van der Waals surface area contributed by atoms with Crippen LogP contribution in [-0.2, 0) is 16.0 Å². The first-order valence-electron chi connectivity index (χ1n) is 9.27. The van der Waals surface area contributed by atoms with Gasteiger partial charge in [0, 0.05) is 30.1 Å². The molecule has 1 unspecified atom stereocenters. The number of halogens is 2. The number of rotatable bonds is 1. The van der Waals surface area contributed by atoms with Gasteiger partial charge in [-0.3, -0.25) is 9.59 Å². The zero-order valence-electron chi connectivity index (χ0n) is 15.6. The highest BCUT2D eigenvalue weighted by Crippen LogP contribution is 2.35. The maximum atomic E-state index is 14.5. The molecule has 0 spiro atoms. The molecule has 1 atom stereocenters. The number of anilines is 1. The van der Waals surface area contributed by atoms with Crippen LogP contribution in [0.4, 0.5) is 10.1 Å². The van der Waals surface area contributed by atoms with Gasteiger partial charge >= 0.3 is 0 Å². The van der Waals surface area contributed by atoms with E-state index in [2.05, 4.69) is 0 Å². The smallest absolute Gasteiger partial charge is 0.231 e. The minimum absolute atomic E-state index is 0.0620. The van der Waals surface area contributed by atoms with Crippen molar-refractivity contribution in [3.8, 4) is 0 Å². The summed E-state index contributed by atoms with van der Waals surface area (Å²) in [5, 5.41) is 0.357. The van der Waals surface area contributed by atoms with Crippen molar-refractivity contribution in [2.24, 2.45) is 11.3 Å². The molecule has 0 bridgehead atoms. The Kier molecular flexibility index (Phi) is 5.29. The fourth-order valence-corrected chi connectivity index (χ4v) is 4.16. The average Bonchev–Trinajstić information content (AvgIpc) is 2.59. The van der Waals surface area contributed by atoms with Gasteiger partial charge in [0.05, 0.1) is 11.6 Å². The number of aryl methyl sites for hydroxylation is 1. The second kappa shape index (κ2) is 7.18. The molecule has 1 fully saturated rings. The fraction of sp³-hybridized carbons (Fsp3) is 0.600. The zero-order valence-corrected chi connectivity index (χ0v) is 16.4. The van der Waals surface area contributed by atoms with Crippen molar-refractivity contribution in [1.82, 2.24) is 4.90 Å². The van der Waals surface area contributed by atoms with Crippen molar-refractivity contribution in [3.05, 3.63) is 28.5 Å². The lowest BCUT2D eigenvalue weighted by atomic mass is 9.90. The first-order chi connectivity index (χ1) is 12.2. The van der Waals surface area contributed by atoms with Crippen LogP contribution >= 0.6 is 11.6 Å². The number of fused-ring (bicyclic) bond motifs is 1. The molecular weight excluding hydrogens is 355 g/mol. The monoisotopic (exact) mass is 380 g/mol. The quantitative estimate of drug-likeness (QED) is 0.737. The van der Waals surface area contributed by atoms with Crippen LogP contribution in [0.3, 0.4) is 0 Å². The molecule has 1 aromatic carbocycles. The van der Waals surface area contributed by atoms with Crippen LogP contribution < -0.4 is 4.90 Å². The molecular formula is C20H26ClFN2O2. The van der Waals surface area contributed by atoms with Gasteiger partial charge in [-0.25, -0.2) is 4.39 Å². The van der Waals surface area contributed by atoms with Crippen molar-refractivity contribution in [3.63, 3.8) is 0 Å². The van der Waals surface area contributed by atoms with Crippen molar-refractivity contribution >= 4 is 29.1 Å². The number of piperidine rings is 1. The highest BCUT2D eigenvalue weighted by molar-refractivity contribution is 6.30. The van der Waals surface area contributed by atoms with E-state index >= 15 is 0 Å². The van der Waals surface area contributed by atoms with E-state index in [1.807, 2.05) is 20.8 Å². The number of carbonyl (C=O) groups excluding carboxylic acids is 2. The Morgan fingerprint density at radius 1 is 1.19 bits per heavy atom. The maximum Gasteiger partial charge on any atom is 0.231 e. The summed E-state index contributed by atoms with van der Waals surface area (Å²) in [5.41, 5.74) is 0.684. The molecule has 26 heavy (non-hydrogen) atoms. The standard InChI is InChI=1S/C20H26ClFN2O2/c1-20(2,3)19(26)23-8-4-7-14(12-23)18(25)24-9-5-6-13-10-15(21)11-16(22)17(13)24/h10-11,14H,4-9,12H2,1-3H3. The molecule has 0 aliphatic carbocycles. The van der Waals surface area contributed by atoms with Gasteiger partial charge in [-0.1, -0.05) is 32.4 Å². The summed E-state index contributed by atoms with van der Waals surface area (Å²) in [6.07, 6.45) is 3.03. The Hall–Kier alpha value is -1.62. The minimum Gasteiger partial charge on any atom is -0.341 e. The van der Waals surface area contributed by atoms with Gasteiger partial charge in [-0.05, 0) is 43.4 Å². The maximum absolute atomic E-state index is 14.5. The molecule has 0 saturated carbocycles. The number of likely N-dealkylation sites (tertiary alicyclic amines) is 1. The van der Waals surface area contributed by atoms with Gasteiger partial charge in [0.25, 0.3) is 0 Å². The van der Waals surface area contributed by atoms with Crippen molar-refractivity contribution < 1.29 is 14.0 Å². The SMILES string of the molecule is CC(C)(C)C(=O)N1CCCC(C(=O)N2CCCc3cc(Cl)cc(F)c32)C1. The summed E-state index contributed by atoms with van der Waals surface area (Å²) < 4.78 is 14.5. The third-order valence-corrected chi connectivity index (χ3v) is 5.39. The first kappa shape index (κ1) is 19.2. The molecule has 2 aliphatic heterocycles. The number of hydrogen-bond acceptors (Lipinski definition) is 2. The molecule has 2 amide bonds. The predicted molar refractivity (Wildman–Crippen MR) is 101 cm³/mol. The summed E-state index contributed by atoms with van der Waals surface area (Å²) in [5.74, 6) is -0.749. The lowest BCUT2D eigenvalue weighted by Gasteiger charge is -2.39. The summed E-state index contributed by atoms with van der Waals surface area (Å²) in [6, 6.07) is 3.01. The third kappa shape index (κ3) is 3.73. The minimum atomic E-state index is -0.467. The third-order valence-electron chi connectivity index (χ3n) is 5.17. The van der Waals surface area contributed by atoms with E-state index in [1.165, 1.54) is 6.07 Å². The average molecular weight is 381 g/mol. The topological polar surface area (TPSA) is 40.6 Å². The summed E-state index contributed by atoms with van der Waals surface area (Å²) in [6.45, 7) is 7.27. The first-order valence-corrected chi connectivity index (χ1v) is 9.65. The molecule has 1 aromatic rings. The second-order valence-electron chi connectivity index (χ2n) is 8.33. The Labute approximate surface area is 159 Å². The second-order valence-corrected chi connectivity index (χ2v) is 8.77. The molecule has 1 saturated heterocycles. The van der Waals surface area contributed by atoms with Gasteiger partial charge in [0.1, 0.15) is 5.82 Å². The van der Waals surface area contributed by atoms with Gasteiger partial charge < -0.3 is 9.80 Å². The van der Waals surface area contributed by atoms with Crippen LogP contribution in [0.15, 0.2) is 12.1 Å². The molecule has 142 valence electrons. The summed E-state index contributed by atoms with van der Waals surface area (Å²) in [7, 11) is 0. The van der Waals surface area contributed by atoms with E-state index in [0.29, 0.717) is 30.3 Å². The number of hydrogen-bond donors (Lipinski definition) is 0. The van der Waals surface area contributed by atoms with Crippen LogP contribution in [-0.4, -0.2) is 36.3 Å². The molecule has 2 aliphatic rings. The van der Waals surface area contributed by atoms with Crippen molar-refractivity contribution in [1.29, 1.82) is 0 Å².